The molecule has 0 heterocycles. The number of benzene rings is 2. The fraction of sp³-hybridized carbons (Fsp3) is 0.286. The molecule has 0 saturated heterocycles. The molecule has 148 valence electrons. The van der Waals surface area contributed by atoms with Crippen LogP contribution in [-0.4, -0.2) is 36.0 Å². The number of hydrogen-bond acceptors (Lipinski definition) is 3. The molecule has 0 fully saturated rings. The Hall–Kier alpha value is -3.22. The van der Waals surface area contributed by atoms with Gasteiger partial charge in [0.1, 0.15) is 11.2 Å². The number of aliphatic carboxylic acids is 1. The van der Waals surface area contributed by atoms with E-state index >= 15 is 0 Å². The number of nitrogens with one attached hydrogen (secondary N) is 2. The topological polar surface area (TPSA) is 95.5 Å². The van der Waals surface area contributed by atoms with Crippen LogP contribution in [0.5, 0.6) is 0 Å². The highest BCUT2D eigenvalue weighted by atomic mass is 19.1. The van der Waals surface area contributed by atoms with Crippen molar-refractivity contribution in [3.63, 3.8) is 0 Å². The quantitative estimate of drug-likeness (QED) is 0.615. The molecule has 0 aromatic heterocycles. The van der Waals surface area contributed by atoms with Gasteiger partial charge in [-0.15, -0.1) is 0 Å². The summed E-state index contributed by atoms with van der Waals surface area (Å²) in [5, 5.41) is 14.8. The van der Waals surface area contributed by atoms with Gasteiger partial charge in [-0.2, -0.15) is 0 Å². The highest BCUT2D eigenvalue weighted by Crippen LogP contribution is 2.27. The Morgan fingerprint density at radius 3 is 2.32 bits per heavy atom. The second-order valence-electron chi connectivity index (χ2n) is 6.47. The average Bonchev–Trinajstić information content (AvgIpc) is 2.68. The number of rotatable bonds is 9. The number of amides is 2. The highest BCUT2D eigenvalue weighted by Gasteiger charge is 2.38. The molecule has 2 aromatic carbocycles. The summed E-state index contributed by atoms with van der Waals surface area (Å²) in [6.07, 6.45) is 0.238. The molecule has 7 heteroatoms. The predicted octanol–water partition coefficient (Wildman–Crippen LogP) is 2.03. The largest absolute Gasteiger partial charge is 0.481 e. The molecule has 6 nitrogen and oxygen atoms in total. The van der Waals surface area contributed by atoms with Gasteiger partial charge in [0.25, 0.3) is 0 Å². The molecule has 0 saturated carbocycles. The molecule has 0 aliphatic carbocycles. The van der Waals surface area contributed by atoms with Gasteiger partial charge in [-0.25, -0.2) is 4.39 Å². The number of carbonyl (C=O) groups excluding carboxylic acids is 2. The smallest absolute Gasteiger partial charge is 0.315 e. The van der Waals surface area contributed by atoms with Gasteiger partial charge < -0.3 is 15.7 Å². The SMILES string of the molecule is CCC(CNC(=O)CNC(=O)Cc1cccc(F)c1)(C(=O)O)c1ccccc1. The Bertz CT molecular complexity index is 841. The van der Waals surface area contributed by atoms with Crippen molar-refractivity contribution in [3.8, 4) is 0 Å². The summed E-state index contributed by atoms with van der Waals surface area (Å²) in [5.74, 6) is -2.39. The van der Waals surface area contributed by atoms with E-state index in [9.17, 15) is 23.9 Å². The van der Waals surface area contributed by atoms with Crippen molar-refractivity contribution >= 4 is 17.8 Å². The van der Waals surface area contributed by atoms with E-state index in [1.807, 2.05) is 0 Å². The van der Waals surface area contributed by atoms with E-state index in [0.29, 0.717) is 17.5 Å². The molecular weight excluding hydrogens is 363 g/mol. The minimum absolute atomic E-state index is 0.0525. The van der Waals surface area contributed by atoms with Crippen LogP contribution in [0.4, 0.5) is 4.39 Å². The van der Waals surface area contributed by atoms with Crippen LogP contribution in [0, 0.1) is 5.82 Å². The maximum absolute atomic E-state index is 13.1. The Balaban J connectivity index is 1.91. The van der Waals surface area contributed by atoms with Crippen molar-refractivity contribution in [2.24, 2.45) is 0 Å². The van der Waals surface area contributed by atoms with Gasteiger partial charge in [-0.3, -0.25) is 14.4 Å². The van der Waals surface area contributed by atoms with E-state index in [1.54, 1.807) is 43.3 Å². The fourth-order valence-corrected chi connectivity index (χ4v) is 2.92. The van der Waals surface area contributed by atoms with Gasteiger partial charge in [0.15, 0.2) is 0 Å². The van der Waals surface area contributed by atoms with Gasteiger partial charge >= 0.3 is 5.97 Å². The summed E-state index contributed by atoms with van der Waals surface area (Å²) in [6, 6.07) is 14.4. The fourth-order valence-electron chi connectivity index (χ4n) is 2.92. The Morgan fingerprint density at radius 1 is 1.00 bits per heavy atom. The molecule has 28 heavy (non-hydrogen) atoms. The normalized spacial score (nSPS) is 12.6. The Labute approximate surface area is 162 Å². The maximum atomic E-state index is 13.1. The zero-order valence-corrected chi connectivity index (χ0v) is 15.6. The minimum Gasteiger partial charge on any atom is -0.481 e. The van der Waals surface area contributed by atoms with Crippen molar-refractivity contribution < 1.29 is 23.9 Å². The molecule has 0 aliphatic heterocycles. The van der Waals surface area contributed by atoms with Crippen LogP contribution in [-0.2, 0) is 26.2 Å². The second-order valence-corrected chi connectivity index (χ2v) is 6.47. The van der Waals surface area contributed by atoms with E-state index in [0.717, 1.165) is 0 Å². The number of hydrogen-bond donors (Lipinski definition) is 3. The van der Waals surface area contributed by atoms with E-state index in [4.69, 9.17) is 0 Å². The first kappa shape index (κ1) is 21.1. The molecule has 3 N–H and O–H groups in total. The van der Waals surface area contributed by atoms with Crippen LogP contribution in [0.25, 0.3) is 0 Å². The van der Waals surface area contributed by atoms with Crippen LogP contribution >= 0.6 is 0 Å². The lowest BCUT2D eigenvalue weighted by atomic mass is 9.78. The van der Waals surface area contributed by atoms with Gasteiger partial charge in [0.05, 0.1) is 13.0 Å². The van der Waals surface area contributed by atoms with Gasteiger partial charge in [0.2, 0.25) is 11.8 Å². The Kier molecular flexibility index (Phi) is 7.26. The molecule has 2 aromatic rings. The van der Waals surface area contributed by atoms with Crippen molar-refractivity contribution in [1.29, 1.82) is 0 Å². The lowest BCUT2D eigenvalue weighted by molar-refractivity contribution is -0.144. The van der Waals surface area contributed by atoms with Crippen LogP contribution in [0.15, 0.2) is 54.6 Å². The number of carbonyl (C=O) groups is 3. The standard InChI is InChI=1S/C21H23FN2O4/c1-2-21(20(27)28,16-8-4-3-5-9-16)14-24-19(26)13-23-18(25)12-15-7-6-10-17(22)11-15/h3-11H,2,12-14H2,1H3,(H,23,25)(H,24,26)(H,27,28). The molecule has 0 bridgehead atoms. The minimum atomic E-state index is -1.25. The van der Waals surface area contributed by atoms with Gasteiger partial charge in [-0.05, 0) is 29.7 Å². The molecule has 2 amide bonds. The first-order valence-electron chi connectivity index (χ1n) is 8.94. The summed E-state index contributed by atoms with van der Waals surface area (Å²) in [7, 11) is 0. The molecule has 2 rings (SSSR count). The predicted molar refractivity (Wildman–Crippen MR) is 102 cm³/mol. The van der Waals surface area contributed by atoms with Crippen molar-refractivity contribution in [2.75, 3.05) is 13.1 Å². The lowest BCUT2D eigenvalue weighted by Gasteiger charge is -2.29. The van der Waals surface area contributed by atoms with Crippen molar-refractivity contribution in [3.05, 3.63) is 71.5 Å². The van der Waals surface area contributed by atoms with Crippen molar-refractivity contribution in [1.82, 2.24) is 10.6 Å². The Morgan fingerprint density at radius 2 is 1.71 bits per heavy atom. The van der Waals surface area contributed by atoms with Gasteiger partial charge in [-0.1, -0.05) is 49.4 Å². The zero-order valence-electron chi connectivity index (χ0n) is 15.6. The summed E-state index contributed by atoms with van der Waals surface area (Å²) >= 11 is 0. The number of carboxylic acids is 1. The van der Waals surface area contributed by atoms with Gasteiger partial charge in [0, 0.05) is 6.54 Å². The van der Waals surface area contributed by atoms with Crippen LogP contribution in [0.2, 0.25) is 0 Å². The molecule has 1 atom stereocenters. The van der Waals surface area contributed by atoms with E-state index in [-0.39, 0.29) is 19.5 Å². The second kappa shape index (κ2) is 9.64. The average molecular weight is 386 g/mol. The maximum Gasteiger partial charge on any atom is 0.315 e. The summed E-state index contributed by atoms with van der Waals surface area (Å²) < 4.78 is 13.1. The van der Waals surface area contributed by atoms with Crippen molar-refractivity contribution in [2.45, 2.75) is 25.2 Å². The van der Waals surface area contributed by atoms with Crippen LogP contribution in [0.3, 0.4) is 0 Å². The monoisotopic (exact) mass is 386 g/mol. The third-order valence-electron chi connectivity index (χ3n) is 4.63. The molecule has 1 unspecified atom stereocenters. The first-order valence-corrected chi connectivity index (χ1v) is 8.94. The molecule has 0 radical (unpaired) electrons. The molecule has 0 spiro atoms. The van der Waals surface area contributed by atoms with Crippen LogP contribution < -0.4 is 10.6 Å². The molecular formula is C21H23FN2O4. The summed E-state index contributed by atoms with van der Waals surface area (Å²) in [5.41, 5.74) is -0.152. The third kappa shape index (κ3) is 5.39. The van der Waals surface area contributed by atoms with E-state index < -0.39 is 29.0 Å². The lowest BCUT2D eigenvalue weighted by Crippen LogP contribution is -2.48. The summed E-state index contributed by atoms with van der Waals surface area (Å²) in [4.78, 5) is 35.9. The number of halogens is 1. The first-order chi connectivity index (χ1) is 13.4. The number of carboxylic acid groups (broad SMARTS) is 1. The third-order valence-corrected chi connectivity index (χ3v) is 4.63. The van der Waals surface area contributed by atoms with Crippen LogP contribution in [0.1, 0.15) is 24.5 Å². The van der Waals surface area contributed by atoms with E-state index in [2.05, 4.69) is 10.6 Å². The molecule has 0 aliphatic rings. The zero-order chi connectivity index (χ0) is 20.6. The summed E-state index contributed by atoms with van der Waals surface area (Å²) in [6.45, 7) is 1.36. The van der Waals surface area contributed by atoms with E-state index in [1.165, 1.54) is 18.2 Å². The highest BCUT2D eigenvalue weighted by molar-refractivity contribution is 5.87.